The summed E-state index contributed by atoms with van der Waals surface area (Å²) in [4.78, 5) is 2.11. The van der Waals surface area contributed by atoms with Crippen LogP contribution in [-0.4, -0.2) is 37.5 Å². The van der Waals surface area contributed by atoms with Gasteiger partial charge in [0.05, 0.1) is 18.5 Å². The number of anilines is 2. The van der Waals surface area contributed by atoms with Gasteiger partial charge in [0.1, 0.15) is 11.6 Å². The van der Waals surface area contributed by atoms with E-state index in [1.165, 1.54) is 11.3 Å². The highest BCUT2D eigenvalue weighted by molar-refractivity contribution is 5.75. The molecular weight excluding hydrogens is 312 g/mol. The third-order valence-electron chi connectivity index (χ3n) is 4.60. The van der Waals surface area contributed by atoms with Gasteiger partial charge in [-0.2, -0.15) is 5.10 Å². The van der Waals surface area contributed by atoms with Crippen LogP contribution in [0.25, 0.3) is 16.9 Å². The van der Waals surface area contributed by atoms with Crippen molar-refractivity contribution in [3.05, 3.63) is 54.1 Å². The molecule has 2 heterocycles. The van der Waals surface area contributed by atoms with E-state index in [-0.39, 0.29) is 0 Å². The van der Waals surface area contributed by atoms with Crippen LogP contribution < -0.4 is 15.0 Å². The molecule has 1 aromatic heterocycles. The lowest BCUT2D eigenvalue weighted by Crippen LogP contribution is -2.08. The lowest BCUT2D eigenvalue weighted by atomic mass is 10.1. The van der Waals surface area contributed by atoms with Crippen LogP contribution >= 0.6 is 0 Å². The summed E-state index contributed by atoms with van der Waals surface area (Å²) in [5, 5.41) is 8.41. The fraction of sp³-hybridized carbons (Fsp3) is 0.250. The lowest BCUT2D eigenvalue weighted by molar-refractivity contribution is 0.414. The molecule has 0 saturated heterocycles. The quantitative estimate of drug-likeness (QED) is 0.792. The third kappa shape index (κ3) is 2.71. The maximum Gasteiger partial charge on any atom is 0.133 e. The van der Waals surface area contributed by atoms with Gasteiger partial charge in [0.15, 0.2) is 0 Å². The molecule has 0 unspecified atom stereocenters. The zero-order valence-corrected chi connectivity index (χ0v) is 14.8. The Labute approximate surface area is 147 Å². The zero-order valence-electron chi connectivity index (χ0n) is 14.8. The smallest absolute Gasteiger partial charge is 0.133 e. The van der Waals surface area contributed by atoms with Gasteiger partial charge in [-0.15, -0.1) is 0 Å². The molecule has 0 aliphatic carbocycles. The van der Waals surface area contributed by atoms with Gasteiger partial charge in [0, 0.05) is 37.5 Å². The average Bonchev–Trinajstić information content (AvgIpc) is 3.24. The van der Waals surface area contributed by atoms with Gasteiger partial charge in [0.25, 0.3) is 0 Å². The molecule has 5 heteroatoms. The van der Waals surface area contributed by atoms with Crippen LogP contribution in [0.2, 0.25) is 0 Å². The minimum atomic E-state index is 0.847. The molecule has 3 aromatic rings. The Bertz CT molecular complexity index is 897. The minimum absolute atomic E-state index is 0.847. The van der Waals surface area contributed by atoms with Crippen LogP contribution in [0.4, 0.5) is 11.5 Å². The number of nitrogens with zero attached hydrogens (tertiary/aromatic N) is 3. The summed E-state index contributed by atoms with van der Waals surface area (Å²) in [5.41, 5.74) is 5.70. The monoisotopic (exact) mass is 334 g/mol. The summed E-state index contributed by atoms with van der Waals surface area (Å²) in [6, 6.07) is 16.5. The van der Waals surface area contributed by atoms with Crippen molar-refractivity contribution >= 4 is 11.5 Å². The zero-order chi connectivity index (χ0) is 17.4. The lowest BCUT2D eigenvalue weighted by Gasteiger charge is -2.13. The predicted molar refractivity (Wildman–Crippen MR) is 102 cm³/mol. The maximum atomic E-state index is 5.26. The molecule has 25 heavy (non-hydrogen) atoms. The molecule has 0 amide bonds. The Morgan fingerprint density at radius 2 is 1.92 bits per heavy atom. The van der Waals surface area contributed by atoms with E-state index in [0.29, 0.717) is 0 Å². The number of benzene rings is 2. The second-order valence-electron chi connectivity index (χ2n) is 6.41. The molecule has 1 N–H and O–H groups in total. The molecule has 1 aliphatic heterocycles. The first-order valence-electron chi connectivity index (χ1n) is 8.45. The van der Waals surface area contributed by atoms with Gasteiger partial charge in [0.2, 0.25) is 0 Å². The van der Waals surface area contributed by atoms with Gasteiger partial charge in [-0.05, 0) is 42.8 Å². The maximum absolute atomic E-state index is 5.26. The summed E-state index contributed by atoms with van der Waals surface area (Å²) >= 11 is 0. The highest BCUT2D eigenvalue weighted by Crippen LogP contribution is 2.35. The van der Waals surface area contributed by atoms with Crippen LogP contribution in [0.1, 0.15) is 5.56 Å². The van der Waals surface area contributed by atoms with Crippen LogP contribution in [-0.2, 0) is 6.42 Å². The number of aromatic nitrogens is 2. The number of ether oxygens (including phenoxy) is 1. The van der Waals surface area contributed by atoms with E-state index in [9.17, 15) is 0 Å². The van der Waals surface area contributed by atoms with Crippen molar-refractivity contribution in [1.82, 2.24) is 9.78 Å². The first-order chi connectivity index (χ1) is 12.2. The average molecular weight is 334 g/mol. The van der Waals surface area contributed by atoms with Crippen LogP contribution in [0.5, 0.6) is 5.75 Å². The van der Waals surface area contributed by atoms with Crippen molar-refractivity contribution < 1.29 is 4.74 Å². The Morgan fingerprint density at radius 1 is 1.12 bits per heavy atom. The Hall–Kier alpha value is -2.95. The second-order valence-corrected chi connectivity index (χ2v) is 6.41. The van der Waals surface area contributed by atoms with Crippen molar-refractivity contribution in [2.75, 3.05) is 38.0 Å². The van der Waals surface area contributed by atoms with Crippen molar-refractivity contribution in [1.29, 1.82) is 0 Å². The molecule has 0 radical (unpaired) electrons. The molecule has 1 aliphatic rings. The molecular formula is C20H22N4O. The van der Waals surface area contributed by atoms with Crippen molar-refractivity contribution in [2.45, 2.75) is 6.42 Å². The normalized spacial score (nSPS) is 12.6. The van der Waals surface area contributed by atoms with E-state index >= 15 is 0 Å². The number of fused-ring (bicyclic) bond motifs is 1. The number of methoxy groups -OCH3 is 1. The fourth-order valence-corrected chi connectivity index (χ4v) is 3.25. The second kappa shape index (κ2) is 6.16. The van der Waals surface area contributed by atoms with E-state index in [1.54, 1.807) is 7.11 Å². The first-order valence-corrected chi connectivity index (χ1v) is 8.45. The van der Waals surface area contributed by atoms with E-state index in [4.69, 9.17) is 9.84 Å². The Kier molecular flexibility index (Phi) is 3.84. The summed E-state index contributed by atoms with van der Waals surface area (Å²) in [5.74, 6) is 1.94. The summed E-state index contributed by atoms with van der Waals surface area (Å²) in [6.07, 6.45) is 0.993. The van der Waals surface area contributed by atoms with Crippen LogP contribution in [0.3, 0.4) is 0 Å². The minimum Gasteiger partial charge on any atom is -0.497 e. The van der Waals surface area contributed by atoms with Gasteiger partial charge in [-0.25, -0.2) is 4.68 Å². The van der Waals surface area contributed by atoms with Crippen molar-refractivity contribution in [3.8, 4) is 22.7 Å². The highest BCUT2D eigenvalue weighted by Gasteiger charge is 2.24. The fourth-order valence-electron chi connectivity index (χ4n) is 3.25. The van der Waals surface area contributed by atoms with Crippen molar-refractivity contribution in [3.63, 3.8) is 0 Å². The molecule has 5 nitrogen and oxygen atoms in total. The topological polar surface area (TPSA) is 42.3 Å². The van der Waals surface area contributed by atoms with Gasteiger partial charge < -0.3 is 15.0 Å². The number of nitrogens with one attached hydrogen (secondary N) is 1. The van der Waals surface area contributed by atoms with Crippen LogP contribution in [0.15, 0.2) is 48.5 Å². The van der Waals surface area contributed by atoms with E-state index in [2.05, 4.69) is 48.6 Å². The largest absolute Gasteiger partial charge is 0.497 e. The van der Waals surface area contributed by atoms with Gasteiger partial charge in [-0.3, -0.25) is 0 Å². The molecule has 2 aromatic carbocycles. The first kappa shape index (κ1) is 15.6. The van der Waals surface area contributed by atoms with Crippen LogP contribution in [0, 0.1) is 0 Å². The molecule has 4 rings (SSSR count). The molecule has 0 atom stereocenters. The van der Waals surface area contributed by atoms with Gasteiger partial charge in [-0.1, -0.05) is 12.1 Å². The number of hydrogen-bond acceptors (Lipinski definition) is 4. The number of rotatable bonds is 4. The van der Waals surface area contributed by atoms with E-state index < -0.39 is 0 Å². The van der Waals surface area contributed by atoms with E-state index in [0.717, 1.165) is 41.5 Å². The summed E-state index contributed by atoms with van der Waals surface area (Å²) in [6.45, 7) is 0.948. The molecule has 0 fully saturated rings. The van der Waals surface area contributed by atoms with Gasteiger partial charge >= 0.3 is 0 Å². The summed E-state index contributed by atoms with van der Waals surface area (Å²) < 4.78 is 7.26. The number of hydrogen-bond donors (Lipinski definition) is 1. The standard InChI is InChI=1S/C20H22N4O/c1-23(2)16-6-4-5-14(13-16)19-18-11-12-21-20(18)24(22-19)15-7-9-17(25-3)10-8-15/h4-10,13,21H,11-12H2,1-3H3. The molecule has 0 bridgehead atoms. The molecule has 128 valence electrons. The molecule has 0 saturated carbocycles. The Balaban J connectivity index is 1.81. The Morgan fingerprint density at radius 3 is 2.64 bits per heavy atom. The highest BCUT2D eigenvalue weighted by atomic mass is 16.5. The SMILES string of the molecule is COc1ccc(-n2nc(-c3cccc(N(C)C)c3)c3c2NCC3)cc1. The third-order valence-corrected chi connectivity index (χ3v) is 4.60. The van der Waals surface area contributed by atoms with Crippen molar-refractivity contribution in [2.24, 2.45) is 0 Å². The van der Waals surface area contributed by atoms with E-state index in [1.807, 2.05) is 28.9 Å². The predicted octanol–water partition coefficient (Wildman–Crippen LogP) is 3.58. The molecule has 0 spiro atoms. The summed E-state index contributed by atoms with van der Waals surface area (Å²) in [7, 11) is 5.79.